The van der Waals surface area contributed by atoms with Crippen molar-refractivity contribution in [2.45, 2.75) is 102 Å². The first-order valence-corrected chi connectivity index (χ1v) is 22.7. The topological polar surface area (TPSA) is 67.0 Å². The van der Waals surface area contributed by atoms with E-state index in [9.17, 15) is 4.79 Å². The summed E-state index contributed by atoms with van der Waals surface area (Å²) in [5, 5.41) is 0. The second kappa shape index (κ2) is 20.0. The monoisotopic (exact) mass is 815 g/mol. The summed E-state index contributed by atoms with van der Waals surface area (Å²) in [4.78, 5) is 23.7. The van der Waals surface area contributed by atoms with Gasteiger partial charge in [-0.1, -0.05) is 72.8 Å². The number of nitrogens with zero attached hydrogens (tertiary/aromatic N) is 4. The molecular weight excluding hydrogens is 749 g/mol. The summed E-state index contributed by atoms with van der Waals surface area (Å²) in [5.74, 6) is 1.81. The minimum Gasteiger partial charge on any atom is -0.494 e. The molecule has 0 spiro atoms. The Morgan fingerprint density at radius 3 is 1.20 bits per heavy atom. The number of amides is 2. The molecule has 0 aliphatic carbocycles. The molecule has 0 saturated carbocycles. The van der Waals surface area contributed by atoms with Crippen LogP contribution in [0.2, 0.25) is 0 Å². The summed E-state index contributed by atoms with van der Waals surface area (Å²) in [5.41, 5.74) is 6.68. The second-order valence-electron chi connectivity index (χ2n) is 17.6. The Kier molecular flexibility index (Phi) is 14.1. The molecule has 4 aliphatic heterocycles. The maximum Gasteiger partial charge on any atom is 0.321 e. The van der Waals surface area contributed by atoms with Crippen LogP contribution in [0.15, 0.2) is 97.1 Å². The predicted octanol–water partition coefficient (Wildman–Crippen LogP) is 9.87. The third kappa shape index (κ3) is 10.0. The smallest absolute Gasteiger partial charge is 0.321 e. The number of ether oxygens (including phenoxy) is 4. The Morgan fingerprint density at radius 1 is 0.517 bits per heavy atom. The third-order valence-electron chi connectivity index (χ3n) is 13.6. The van der Waals surface area contributed by atoms with Crippen LogP contribution in [0.5, 0.6) is 11.5 Å². The number of hydrogen-bond donors (Lipinski definition) is 0. The fraction of sp³-hybridized carbons (Fsp3) is 0.510. The zero-order chi connectivity index (χ0) is 41.4. The summed E-state index contributed by atoms with van der Waals surface area (Å²) in [6.07, 6.45) is 7.26. The summed E-state index contributed by atoms with van der Waals surface area (Å²) < 4.78 is 24.2. The number of carbonyl (C=O) groups excluding carboxylic acids is 1. The fourth-order valence-corrected chi connectivity index (χ4v) is 9.92. The van der Waals surface area contributed by atoms with Crippen molar-refractivity contribution in [3.63, 3.8) is 0 Å². The molecule has 9 nitrogen and oxygen atoms in total. The van der Waals surface area contributed by atoms with Gasteiger partial charge in [-0.3, -0.25) is 9.80 Å². The first kappa shape index (κ1) is 42.3. The first-order chi connectivity index (χ1) is 29.3. The lowest BCUT2D eigenvalue weighted by molar-refractivity contribution is -0.0262. The largest absolute Gasteiger partial charge is 0.494 e. The lowest BCUT2D eigenvalue weighted by atomic mass is 9.98. The van der Waals surface area contributed by atoms with Crippen LogP contribution in [0.25, 0.3) is 22.3 Å². The van der Waals surface area contributed by atoms with Gasteiger partial charge in [-0.2, -0.15) is 0 Å². The van der Waals surface area contributed by atoms with Crippen LogP contribution in [0.3, 0.4) is 0 Å². The number of carbonyl (C=O) groups is 1. The van der Waals surface area contributed by atoms with Crippen LogP contribution in [0.1, 0.15) is 89.4 Å². The second-order valence-corrected chi connectivity index (χ2v) is 17.6. The Hall–Kier alpha value is -4.41. The number of likely N-dealkylation sites (tertiary alicyclic amines) is 2. The van der Waals surface area contributed by atoms with Gasteiger partial charge in [0.15, 0.2) is 0 Å². The number of urea groups is 1. The van der Waals surface area contributed by atoms with E-state index < -0.39 is 0 Å². The highest BCUT2D eigenvalue weighted by atomic mass is 16.5. The zero-order valence-corrected chi connectivity index (χ0v) is 36.3. The van der Waals surface area contributed by atoms with Gasteiger partial charge < -0.3 is 28.7 Å². The van der Waals surface area contributed by atoms with Gasteiger partial charge in [0.1, 0.15) is 11.5 Å². The summed E-state index contributed by atoms with van der Waals surface area (Å²) in [6.45, 7) is 16.1. The number of rotatable bonds is 14. The summed E-state index contributed by atoms with van der Waals surface area (Å²) in [6, 6.07) is 36.4. The molecule has 4 heterocycles. The minimum atomic E-state index is -0.169. The fourth-order valence-electron chi connectivity index (χ4n) is 9.92. The molecule has 0 aromatic heterocycles. The highest BCUT2D eigenvalue weighted by Crippen LogP contribution is 2.34. The lowest BCUT2D eigenvalue weighted by Crippen LogP contribution is -2.53. The van der Waals surface area contributed by atoms with Crippen molar-refractivity contribution in [2.75, 3.05) is 65.8 Å². The summed E-state index contributed by atoms with van der Waals surface area (Å²) >= 11 is 0. The molecule has 0 N–H and O–H groups in total. The Labute approximate surface area is 358 Å². The molecule has 4 aromatic rings. The van der Waals surface area contributed by atoms with Gasteiger partial charge in [0.2, 0.25) is 0 Å². The van der Waals surface area contributed by atoms with Crippen molar-refractivity contribution in [1.82, 2.24) is 19.6 Å². The molecule has 6 atom stereocenters. The average Bonchev–Trinajstić information content (AvgIpc) is 3.80. The van der Waals surface area contributed by atoms with E-state index in [0.717, 1.165) is 84.0 Å². The number of hydrogen-bond acceptors (Lipinski definition) is 7. The first-order valence-electron chi connectivity index (χ1n) is 22.7. The Bertz CT molecular complexity index is 1790. The van der Waals surface area contributed by atoms with Gasteiger partial charge in [0.05, 0.1) is 51.7 Å². The highest BCUT2D eigenvalue weighted by Gasteiger charge is 2.37. The van der Waals surface area contributed by atoms with E-state index in [1.807, 2.05) is 9.80 Å². The molecule has 0 bridgehead atoms. The van der Waals surface area contributed by atoms with E-state index in [2.05, 4.69) is 135 Å². The lowest BCUT2D eigenvalue weighted by Gasteiger charge is -2.43. The van der Waals surface area contributed by atoms with E-state index in [1.54, 1.807) is 0 Å². The normalized spacial score (nSPS) is 25.1. The highest BCUT2D eigenvalue weighted by molar-refractivity contribution is 5.76. The van der Waals surface area contributed by atoms with Crippen LogP contribution in [-0.4, -0.2) is 116 Å². The zero-order valence-electron chi connectivity index (χ0n) is 36.3. The predicted molar refractivity (Wildman–Crippen MR) is 240 cm³/mol. The quantitative estimate of drug-likeness (QED) is 0.118. The molecule has 9 heteroatoms. The molecule has 320 valence electrons. The Balaban J connectivity index is 0.850. The van der Waals surface area contributed by atoms with Crippen molar-refractivity contribution >= 4 is 6.03 Å². The molecule has 0 radical (unpaired) electrons. The average molecular weight is 815 g/mol. The molecule has 4 fully saturated rings. The third-order valence-corrected chi connectivity index (χ3v) is 13.6. The van der Waals surface area contributed by atoms with Gasteiger partial charge in [-0.25, -0.2) is 4.79 Å². The number of morpholine rings is 2. The van der Waals surface area contributed by atoms with E-state index in [0.29, 0.717) is 63.7 Å². The molecule has 2 amide bonds. The molecule has 4 aliphatic rings. The van der Waals surface area contributed by atoms with Crippen LogP contribution in [-0.2, 0) is 9.47 Å². The maximum absolute atomic E-state index is 14.5. The van der Waals surface area contributed by atoms with Gasteiger partial charge in [0, 0.05) is 50.3 Å². The van der Waals surface area contributed by atoms with Gasteiger partial charge >= 0.3 is 6.03 Å². The van der Waals surface area contributed by atoms with Crippen molar-refractivity contribution in [2.24, 2.45) is 0 Å². The molecule has 8 rings (SSSR count). The maximum atomic E-state index is 14.5. The van der Waals surface area contributed by atoms with Crippen LogP contribution in [0, 0.1) is 0 Å². The van der Waals surface area contributed by atoms with Gasteiger partial charge in [-0.15, -0.1) is 0 Å². The SMILES string of the molecule is C[C@@H]1CC[C@@H](C)N1CCCOc1ccc(-c2ccc(C3COCCN3C(=O)N3CCOCC3c3ccc(-c4ccc(OCCCN5[C@H](C)CC[C@H]5C)cc4)cc3)cc2)cc1. The molecule has 4 saturated heterocycles. The van der Waals surface area contributed by atoms with Crippen LogP contribution >= 0.6 is 0 Å². The van der Waals surface area contributed by atoms with Crippen LogP contribution < -0.4 is 9.47 Å². The number of benzene rings is 4. The van der Waals surface area contributed by atoms with E-state index in [-0.39, 0.29) is 18.1 Å². The van der Waals surface area contributed by atoms with Gasteiger partial charge in [0.25, 0.3) is 0 Å². The molecule has 2 unspecified atom stereocenters. The van der Waals surface area contributed by atoms with Gasteiger partial charge in [-0.05, 0) is 124 Å². The van der Waals surface area contributed by atoms with Crippen molar-refractivity contribution in [3.05, 3.63) is 108 Å². The standard InChI is InChI=1S/C51H66N4O5/c1-37-7-8-38(2)52(37)27-5-31-59-47-23-19-43(20-24-47)41-11-15-45(16-12-41)49-35-57-33-29-54(49)51(56)55-30-34-58-36-50(55)46-17-13-42(14-18-46)44-21-25-48(26-22-44)60-32-6-28-53-39(3)9-10-40(53)4/h11-26,37-40,49-50H,5-10,27-36H2,1-4H3/t37-,38-,39-,40-,49?,50?/m1/s1. The van der Waals surface area contributed by atoms with Crippen LogP contribution in [0.4, 0.5) is 4.79 Å². The van der Waals surface area contributed by atoms with Crippen molar-refractivity contribution in [1.29, 1.82) is 0 Å². The van der Waals surface area contributed by atoms with E-state index in [1.165, 1.54) is 25.7 Å². The molecular formula is C51H66N4O5. The molecule has 60 heavy (non-hydrogen) atoms. The minimum absolute atomic E-state index is 0.0323. The van der Waals surface area contributed by atoms with E-state index >= 15 is 0 Å². The Morgan fingerprint density at radius 2 is 0.850 bits per heavy atom. The van der Waals surface area contributed by atoms with Crippen molar-refractivity contribution < 1.29 is 23.7 Å². The summed E-state index contributed by atoms with van der Waals surface area (Å²) in [7, 11) is 0. The molecule has 4 aromatic carbocycles. The van der Waals surface area contributed by atoms with Crippen molar-refractivity contribution in [3.8, 4) is 33.8 Å². The van der Waals surface area contributed by atoms with E-state index in [4.69, 9.17) is 18.9 Å².